The molecule has 1 aromatic heterocycles. The monoisotopic (exact) mass is 473 g/mol. The summed E-state index contributed by atoms with van der Waals surface area (Å²) in [6.45, 7) is 0. The lowest BCUT2D eigenvalue weighted by molar-refractivity contribution is 0.234. The Hall–Kier alpha value is -3.82. The highest BCUT2D eigenvalue weighted by Crippen LogP contribution is 2.23. The number of amidine groups is 1. The van der Waals surface area contributed by atoms with Crippen molar-refractivity contribution >= 4 is 45.0 Å². The maximum Gasteiger partial charge on any atom is 0.327 e. The molecule has 0 spiro atoms. The zero-order valence-electron chi connectivity index (χ0n) is 15.3. The van der Waals surface area contributed by atoms with Crippen molar-refractivity contribution in [3.05, 3.63) is 64.0 Å². The number of aromatic nitrogens is 2. The molecule has 0 aliphatic rings. The second-order valence-electron chi connectivity index (χ2n) is 5.78. The van der Waals surface area contributed by atoms with E-state index in [1.807, 2.05) is 11.5 Å². The number of anilines is 2. The lowest BCUT2D eigenvalue weighted by atomic mass is 10.2. The number of urea groups is 1. The van der Waals surface area contributed by atoms with Gasteiger partial charge in [-0.25, -0.2) is 18.8 Å². The Morgan fingerprint density at radius 3 is 2.83 bits per heavy atom. The molecule has 2 amide bonds. The lowest BCUT2D eigenvalue weighted by Gasteiger charge is -2.17. The number of carbonyl (C=O) groups excluding carboxylic acids is 1. The van der Waals surface area contributed by atoms with Gasteiger partial charge in [-0.05, 0) is 62.6 Å². The minimum atomic E-state index is -0.608. The van der Waals surface area contributed by atoms with Gasteiger partial charge in [-0.1, -0.05) is 6.07 Å². The molecule has 10 nitrogen and oxygen atoms in total. The number of halogens is 2. The van der Waals surface area contributed by atoms with Gasteiger partial charge in [-0.3, -0.25) is 20.9 Å². The number of rotatable bonds is 4. The Kier molecular flexibility index (Phi) is 6.35. The van der Waals surface area contributed by atoms with E-state index in [0.29, 0.717) is 11.3 Å². The van der Waals surface area contributed by atoms with Crippen LogP contribution in [0.4, 0.5) is 26.4 Å². The number of nitrogens with one attached hydrogen (secondary N) is 2. The van der Waals surface area contributed by atoms with Crippen molar-refractivity contribution in [2.45, 2.75) is 0 Å². The second kappa shape index (κ2) is 9.12. The fourth-order valence-corrected chi connectivity index (χ4v) is 2.69. The van der Waals surface area contributed by atoms with Crippen LogP contribution in [0.3, 0.4) is 0 Å². The molecule has 0 aliphatic carbocycles. The lowest BCUT2D eigenvalue weighted by Crippen LogP contribution is -2.32. The van der Waals surface area contributed by atoms with Crippen LogP contribution in [-0.4, -0.2) is 34.4 Å². The predicted octanol–water partition coefficient (Wildman–Crippen LogP) is 3.57. The van der Waals surface area contributed by atoms with Gasteiger partial charge in [0.15, 0.2) is 11.5 Å². The van der Waals surface area contributed by atoms with Gasteiger partial charge in [-0.15, -0.1) is 0 Å². The largest absolute Gasteiger partial charge is 0.327 e. The van der Waals surface area contributed by atoms with E-state index in [0.717, 1.165) is 0 Å². The topological polar surface area (TPSA) is 140 Å². The Morgan fingerprint density at radius 2 is 2.13 bits per heavy atom. The number of carbonyl (C=O) groups is 1. The van der Waals surface area contributed by atoms with Crippen LogP contribution in [-0.2, 0) is 0 Å². The SMILES string of the molecule is CN(C(=O)Nc1nonc1C(=Nc1ccc(F)c(Br)c1)NO)c1cccc(C#N)c1. The summed E-state index contributed by atoms with van der Waals surface area (Å²) in [7, 11) is 1.49. The van der Waals surface area contributed by atoms with E-state index >= 15 is 0 Å². The van der Waals surface area contributed by atoms with Gasteiger partial charge in [0.05, 0.1) is 21.8 Å². The third-order valence-electron chi connectivity index (χ3n) is 3.86. The second-order valence-corrected chi connectivity index (χ2v) is 6.64. The van der Waals surface area contributed by atoms with Crippen LogP contribution in [0.1, 0.15) is 11.3 Å². The Labute approximate surface area is 177 Å². The molecular weight excluding hydrogens is 461 g/mol. The van der Waals surface area contributed by atoms with Crippen molar-refractivity contribution in [1.82, 2.24) is 15.8 Å². The van der Waals surface area contributed by atoms with Crippen molar-refractivity contribution in [1.29, 1.82) is 5.26 Å². The quantitative estimate of drug-likeness (QED) is 0.298. The Bertz CT molecular complexity index is 1160. The molecule has 3 N–H and O–H groups in total. The zero-order valence-corrected chi connectivity index (χ0v) is 16.9. The Balaban J connectivity index is 1.84. The summed E-state index contributed by atoms with van der Waals surface area (Å²) in [6.07, 6.45) is 0. The predicted molar refractivity (Wildman–Crippen MR) is 108 cm³/mol. The minimum Gasteiger partial charge on any atom is -0.297 e. The van der Waals surface area contributed by atoms with Gasteiger partial charge in [-0.2, -0.15) is 5.26 Å². The molecule has 152 valence electrons. The van der Waals surface area contributed by atoms with Gasteiger partial charge in [0.1, 0.15) is 5.82 Å². The highest BCUT2D eigenvalue weighted by Gasteiger charge is 2.21. The van der Waals surface area contributed by atoms with Crippen molar-refractivity contribution in [3.8, 4) is 6.07 Å². The first-order valence-corrected chi connectivity index (χ1v) is 9.04. The summed E-state index contributed by atoms with van der Waals surface area (Å²) in [5.41, 5.74) is 2.90. The van der Waals surface area contributed by atoms with E-state index in [1.54, 1.807) is 18.2 Å². The van der Waals surface area contributed by atoms with Crippen molar-refractivity contribution in [2.24, 2.45) is 4.99 Å². The van der Waals surface area contributed by atoms with E-state index in [9.17, 15) is 14.4 Å². The van der Waals surface area contributed by atoms with E-state index in [1.165, 1.54) is 36.2 Å². The highest BCUT2D eigenvalue weighted by molar-refractivity contribution is 9.10. The average Bonchev–Trinajstić information content (AvgIpc) is 3.21. The molecule has 0 atom stereocenters. The third-order valence-corrected chi connectivity index (χ3v) is 4.46. The standard InChI is InChI=1S/C18H13BrFN7O3/c1-27(12-4-2-3-10(7-12)9-21)18(28)23-17-15(25-30-26-17)16(24-29)22-11-5-6-14(20)13(19)8-11/h2-8,29H,1H3,(H,22,24)(H,23,26,28). The zero-order chi connectivity index (χ0) is 21.7. The number of hydrogen-bond donors (Lipinski definition) is 3. The molecule has 0 fully saturated rings. The number of nitriles is 1. The Morgan fingerprint density at radius 1 is 1.33 bits per heavy atom. The smallest absolute Gasteiger partial charge is 0.297 e. The first-order chi connectivity index (χ1) is 14.4. The molecule has 3 aromatic rings. The molecule has 1 heterocycles. The molecule has 2 aromatic carbocycles. The molecule has 0 aliphatic heterocycles. The van der Waals surface area contributed by atoms with Crippen LogP contribution >= 0.6 is 15.9 Å². The van der Waals surface area contributed by atoms with E-state index in [4.69, 9.17) is 5.26 Å². The van der Waals surface area contributed by atoms with E-state index in [2.05, 4.69) is 41.2 Å². The maximum atomic E-state index is 13.4. The fourth-order valence-electron chi connectivity index (χ4n) is 2.33. The van der Waals surface area contributed by atoms with E-state index < -0.39 is 11.8 Å². The first-order valence-electron chi connectivity index (χ1n) is 8.24. The van der Waals surface area contributed by atoms with Crippen molar-refractivity contribution < 1.29 is 19.0 Å². The van der Waals surface area contributed by atoms with Gasteiger partial charge < -0.3 is 0 Å². The molecule has 3 rings (SSSR count). The first kappa shape index (κ1) is 20.9. The summed E-state index contributed by atoms with van der Waals surface area (Å²) >= 11 is 3.05. The molecule has 0 bridgehead atoms. The normalized spacial score (nSPS) is 11.0. The van der Waals surface area contributed by atoms with E-state index in [-0.39, 0.29) is 27.5 Å². The average molecular weight is 474 g/mol. The van der Waals surface area contributed by atoms with Crippen LogP contribution in [0.15, 0.2) is 56.6 Å². The van der Waals surface area contributed by atoms with Crippen molar-refractivity contribution in [3.63, 3.8) is 0 Å². The number of amides is 2. The van der Waals surface area contributed by atoms with Crippen LogP contribution < -0.4 is 15.7 Å². The van der Waals surface area contributed by atoms with Crippen LogP contribution in [0.5, 0.6) is 0 Å². The van der Waals surface area contributed by atoms with Crippen LogP contribution in [0, 0.1) is 17.1 Å². The number of nitrogens with zero attached hydrogens (tertiary/aromatic N) is 5. The molecule has 0 saturated carbocycles. The number of aliphatic imine (C=N–C) groups is 1. The summed E-state index contributed by atoms with van der Waals surface area (Å²) in [4.78, 5) is 17.9. The van der Waals surface area contributed by atoms with Gasteiger partial charge >= 0.3 is 6.03 Å². The summed E-state index contributed by atoms with van der Waals surface area (Å²) in [5, 5.41) is 28.2. The molecule has 0 radical (unpaired) electrons. The molecule has 30 heavy (non-hydrogen) atoms. The minimum absolute atomic E-state index is 0.0922. The maximum absolute atomic E-state index is 13.4. The van der Waals surface area contributed by atoms with Gasteiger partial charge in [0.25, 0.3) is 0 Å². The number of hydroxylamine groups is 1. The fraction of sp³-hybridized carbons (Fsp3) is 0.0556. The highest BCUT2D eigenvalue weighted by atomic mass is 79.9. The third kappa shape index (κ3) is 4.59. The summed E-state index contributed by atoms with van der Waals surface area (Å²) in [5.74, 6) is -0.795. The summed E-state index contributed by atoms with van der Waals surface area (Å²) < 4.78 is 18.2. The van der Waals surface area contributed by atoms with Crippen molar-refractivity contribution in [2.75, 3.05) is 17.3 Å². The number of hydrogen-bond acceptors (Lipinski definition) is 7. The van der Waals surface area contributed by atoms with Gasteiger partial charge in [0, 0.05) is 12.7 Å². The summed E-state index contributed by atoms with van der Waals surface area (Å²) in [6, 6.07) is 11.8. The van der Waals surface area contributed by atoms with Crippen LogP contribution in [0.2, 0.25) is 0 Å². The van der Waals surface area contributed by atoms with Crippen LogP contribution in [0.25, 0.3) is 0 Å². The van der Waals surface area contributed by atoms with Gasteiger partial charge in [0.2, 0.25) is 5.82 Å². The molecule has 0 saturated heterocycles. The molecule has 12 heteroatoms. The molecular formula is C18H13BrFN7O3. The number of benzene rings is 2. The molecule has 0 unspecified atom stereocenters.